The van der Waals surface area contributed by atoms with Gasteiger partial charge in [-0.3, -0.25) is 0 Å². The molecule has 0 radical (unpaired) electrons. The van der Waals surface area contributed by atoms with Crippen molar-refractivity contribution in [3.05, 3.63) is 47.5 Å². The maximum absolute atomic E-state index is 13.8. The lowest BCUT2D eigenvalue weighted by Gasteiger charge is -2.28. The molecule has 1 aliphatic rings. The van der Waals surface area contributed by atoms with Crippen molar-refractivity contribution in [1.82, 2.24) is 9.97 Å². The molecule has 3 rings (SSSR count). The Bertz CT molecular complexity index is 814. The first-order valence-electron chi connectivity index (χ1n) is 6.61. The summed E-state index contributed by atoms with van der Waals surface area (Å²) in [5, 5.41) is 19.1. The molecule has 0 amide bonds. The van der Waals surface area contributed by atoms with Gasteiger partial charge in [-0.25, -0.2) is 18.7 Å². The summed E-state index contributed by atoms with van der Waals surface area (Å²) in [5.41, 5.74) is -4.79. The molecule has 25 heavy (non-hydrogen) atoms. The zero-order chi connectivity index (χ0) is 18.6. The van der Waals surface area contributed by atoms with E-state index in [2.05, 4.69) is 9.97 Å². The number of nitrogens with zero attached hydrogens (tertiary/aromatic N) is 2. The van der Waals surface area contributed by atoms with Crippen molar-refractivity contribution in [2.75, 3.05) is 0 Å². The number of aliphatic hydroxyl groups is 2. The number of rotatable bonds is 3. The molecule has 11 heteroatoms. The van der Waals surface area contributed by atoms with Crippen LogP contribution >= 0.6 is 0 Å². The Labute approximate surface area is 135 Å². The van der Waals surface area contributed by atoms with Crippen molar-refractivity contribution < 1.29 is 41.3 Å². The van der Waals surface area contributed by atoms with Crippen LogP contribution in [-0.4, -0.2) is 26.1 Å². The number of aromatic nitrogens is 2. The molecule has 134 valence electrons. The highest BCUT2D eigenvalue weighted by Crippen LogP contribution is 2.62. The Kier molecular flexibility index (Phi) is 3.69. The fourth-order valence-electron chi connectivity index (χ4n) is 2.55. The number of benzene rings is 1. The highest BCUT2D eigenvalue weighted by molar-refractivity contribution is 5.55. The quantitative estimate of drug-likeness (QED) is 0.645. The summed E-state index contributed by atoms with van der Waals surface area (Å²) in [7, 11) is 0. The molecular formula is C14H8F6N2O3. The average Bonchev–Trinajstić information content (AvgIpc) is 2.64. The van der Waals surface area contributed by atoms with E-state index in [1.807, 2.05) is 0 Å². The van der Waals surface area contributed by atoms with Crippen LogP contribution in [0, 0.1) is 0 Å². The molecule has 0 saturated heterocycles. The van der Waals surface area contributed by atoms with Gasteiger partial charge in [0.1, 0.15) is 12.1 Å². The third kappa shape index (κ3) is 2.26. The number of fused-ring (bicyclic) bond motifs is 1. The van der Waals surface area contributed by atoms with Crippen LogP contribution < -0.4 is 4.74 Å². The lowest BCUT2D eigenvalue weighted by atomic mass is 9.98. The van der Waals surface area contributed by atoms with E-state index < -0.39 is 46.5 Å². The second-order valence-corrected chi connectivity index (χ2v) is 5.20. The van der Waals surface area contributed by atoms with Gasteiger partial charge in [0.2, 0.25) is 0 Å². The first-order chi connectivity index (χ1) is 11.5. The molecule has 0 bridgehead atoms. The topological polar surface area (TPSA) is 75.5 Å². The van der Waals surface area contributed by atoms with E-state index in [-0.39, 0.29) is 5.75 Å². The van der Waals surface area contributed by atoms with Gasteiger partial charge < -0.3 is 14.9 Å². The van der Waals surface area contributed by atoms with E-state index in [0.29, 0.717) is 12.1 Å². The summed E-state index contributed by atoms with van der Waals surface area (Å²) in [6.45, 7) is 0. The molecule has 0 atom stereocenters. The largest absolute Gasteiger partial charge is 0.454 e. The van der Waals surface area contributed by atoms with E-state index in [9.17, 15) is 36.6 Å². The fraction of sp³-hybridized carbons (Fsp3) is 0.286. The van der Waals surface area contributed by atoms with Crippen molar-refractivity contribution in [3.8, 4) is 11.5 Å². The highest BCUT2D eigenvalue weighted by atomic mass is 19.3. The van der Waals surface area contributed by atoms with Crippen LogP contribution in [0.25, 0.3) is 0 Å². The summed E-state index contributed by atoms with van der Waals surface area (Å²) >= 11 is 0. The SMILES string of the molecule is OC1(O)c2c(ccc(Oc3cncnc3)c2C(F)F)C(F)(F)C1(F)F. The van der Waals surface area contributed by atoms with Crippen LogP contribution in [0.2, 0.25) is 0 Å². The summed E-state index contributed by atoms with van der Waals surface area (Å²) in [6.07, 6.45) is -0.428. The monoisotopic (exact) mass is 366 g/mol. The second-order valence-electron chi connectivity index (χ2n) is 5.20. The maximum atomic E-state index is 13.8. The molecule has 1 aromatic heterocycles. The van der Waals surface area contributed by atoms with Gasteiger partial charge in [0.05, 0.1) is 18.0 Å². The zero-order valence-corrected chi connectivity index (χ0v) is 11.9. The van der Waals surface area contributed by atoms with E-state index in [1.54, 1.807) is 0 Å². The number of ether oxygens (including phenoxy) is 1. The molecular weight excluding hydrogens is 358 g/mol. The number of hydrogen-bond acceptors (Lipinski definition) is 5. The lowest BCUT2D eigenvalue weighted by molar-refractivity contribution is -0.358. The summed E-state index contributed by atoms with van der Waals surface area (Å²) in [5.74, 6) is -16.0. The van der Waals surface area contributed by atoms with Gasteiger partial charge in [-0.1, -0.05) is 0 Å². The fourth-order valence-corrected chi connectivity index (χ4v) is 2.55. The van der Waals surface area contributed by atoms with E-state index in [4.69, 9.17) is 4.74 Å². The minimum atomic E-state index is -5.42. The van der Waals surface area contributed by atoms with E-state index >= 15 is 0 Å². The molecule has 0 unspecified atom stereocenters. The van der Waals surface area contributed by atoms with Crippen LogP contribution in [0.1, 0.15) is 23.1 Å². The van der Waals surface area contributed by atoms with Gasteiger partial charge in [0.25, 0.3) is 12.2 Å². The molecule has 0 fully saturated rings. The Balaban J connectivity index is 2.25. The molecule has 1 aromatic carbocycles. The first kappa shape index (κ1) is 17.4. The minimum absolute atomic E-state index is 0.192. The Morgan fingerprint density at radius 1 is 1.00 bits per heavy atom. The number of alkyl halides is 6. The number of hydrogen-bond donors (Lipinski definition) is 2. The first-order valence-corrected chi connectivity index (χ1v) is 6.61. The van der Waals surface area contributed by atoms with Gasteiger partial charge in [-0.15, -0.1) is 0 Å². The van der Waals surface area contributed by atoms with Crippen molar-refractivity contribution in [3.63, 3.8) is 0 Å². The van der Waals surface area contributed by atoms with E-state index in [0.717, 1.165) is 18.7 Å². The smallest absolute Gasteiger partial charge is 0.371 e. The predicted octanol–water partition coefficient (Wildman–Crippen LogP) is 3.08. The van der Waals surface area contributed by atoms with Crippen LogP contribution in [-0.2, 0) is 11.7 Å². The van der Waals surface area contributed by atoms with Crippen LogP contribution in [0.15, 0.2) is 30.9 Å². The van der Waals surface area contributed by atoms with E-state index in [1.165, 1.54) is 0 Å². The Hall–Kier alpha value is -2.40. The predicted molar refractivity (Wildman–Crippen MR) is 68.5 cm³/mol. The van der Waals surface area contributed by atoms with Crippen molar-refractivity contribution >= 4 is 0 Å². The van der Waals surface area contributed by atoms with Gasteiger partial charge in [0.15, 0.2) is 5.75 Å². The molecule has 1 aliphatic carbocycles. The molecule has 0 aliphatic heterocycles. The van der Waals surface area contributed by atoms with Gasteiger partial charge >= 0.3 is 11.8 Å². The molecule has 2 N–H and O–H groups in total. The third-order valence-corrected chi connectivity index (χ3v) is 3.71. The highest BCUT2D eigenvalue weighted by Gasteiger charge is 2.77. The third-order valence-electron chi connectivity index (χ3n) is 3.71. The van der Waals surface area contributed by atoms with Crippen molar-refractivity contribution in [2.24, 2.45) is 0 Å². The van der Waals surface area contributed by atoms with Gasteiger partial charge in [-0.2, -0.15) is 17.6 Å². The summed E-state index contributed by atoms with van der Waals surface area (Å²) in [6, 6.07) is 0.987. The molecule has 2 aromatic rings. The van der Waals surface area contributed by atoms with Crippen LogP contribution in [0.4, 0.5) is 26.3 Å². The van der Waals surface area contributed by atoms with Crippen molar-refractivity contribution in [1.29, 1.82) is 0 Å². The average molecular weight is 366 g/mol. The van der Waals surface area contributed by atoms with Gasteiger partial charge in [-0.05, 0) is 12.1 Å². The lowest BCUT2D eigenvalue weighted by Crippen LogP contribution is -2.49. The van der Waals surface area contributed by atoms with Crippen LogP contribution in [0.3, 0.4) is 0 Å². The zero-order valence-electron chi connectivity index (χ0n) is 11.9. The number of halogens is 6. The summed E-state index contributed by atoms with van der Waals surface area (Å²) in [4.78, 5) is 7.08. The van der Waals surface area contributed by atoms with Crippen molar-refractivity contribution in [2.45, 2.75) is 24.1 Å². The standard InChI is InChI=1S/C14H8F6N2O3/c15-11(16)9-8(25-6-3-21-5-22-4-6)2-1-7-10(9)13(23,24)14(19,20)12(7,17)18/h1-5,11,23-24H. The molecule has 5 nitrogen and oxygen atoms in total. The Morgan fingerprint density at radius 3 is 2.16 bits per heavy atom. The second kappa shape index (κ2) is 5.30. The molecule has 1 heterocycles. The minimum Gasteiger partial charge on any atom is -0.454 e. The Morgan fingerprint density at radius 2 is 1.60 bits per heavy atom. The molecule has 0 saturated carbocycles. The molecule has 0 spiro atoms. The summed E-state index contributed by atoms with van der Waals surface area (Å²) < 4.78 is 87.0. The maximum Gasteiger partial charge on any atom is 0.371 e. The van der Waals surface area contributed by atoms with Crippen LogP contribution in [0.5, 0.6) is 11.5 Å². The van der Waals surface area contributed by atoms with Gasteiger partial charge in [0, 0.05) is 11.1 Å². The normalized spacial score (nSPS) is 19.7.